The highest BCUT2D eigenvalue weighted by molar-refractivity contribution is 5.35. The van der Waals surface area contributed by atoms with Crippen molar-refractivity contribution in [3.8, 4) is 5.75 Å². The highest BCUT2D eigenvalue weighted by Gasteiger charge is 2.13. The van der Waals surface area contributed by atoms with E-state index in [1.807, 2.05) is 14.0 Å². The van der Waals surface area contributed by atoms with Crippen molar-refractivity contribution in [2.24, 2.45) is 0 Å². The molecule has 2 rings (SSSR count). The molecule has 0 saturated heterocycles. The fourth-order valence-electron chi connectivity index (χ4n) is 2.41. The molecule has 0 aliphatic carbocycles. The first-order chi connectivity index (χ1) is 10.0. The first kappa shape index (κ1) is 15.5. The monoisotopic (exact) mass is 287 g/mol. The molecule has 0 amide bonds. The van der Waals surface area contributed by atoms with Gasteiger partial charge in [-0.1, -0.05) is 23.8 Å². The lowest BCUT2D eigenvalue weighted by atomic mass is 9.99. The van der Waals surface area contributed by atoms with Gasteiger partial charge in [0.05, 0.1) is 6.04 Å². The lowest BCUT2D eigenvalue weighted by molar-refractivity contribution is 0.270. The van der Waals surface area contributed by atoms with Gasteiger partial charge in [-0.3, -0.25) is 0 Å². The van der Waals surface area contributed by atoms with Crippen molar-refractivity contribution in [2.45, 2.75) is 26.8 Å². The molecule has 0 radical (unpaired) electrons. The molecule has 0 fully saturated rings. The standard InChI is InChI=1S/C18H22FNO/c1-12-5-6-13(2)16(9-12)17(20-4)11-21-18-8-7-15(19)10-14(18)3/h5-10,17,20H,11H2,1-4H3. The van der Waals surface area contributed by atoms with E-state index in [9.17, 15) is 4.39 Å². The van der Waals surface area contributed by atoms with E-state index in [0.717, 1.165) is 11.3 Å². The van der Waals surface area contributed by atoms with Crippen LogP contribution in [0.25, 0.3) is 0 Å². The van der Waals surface area contributed by atoms with Crippen LogP contribution in [0.5, 0.6) is 5.75 Å². The minimum absolute atomic E-state index is 0.106. The number of likely N-dealkylation sites (N-methyl/N-ethyl adjacent to an activating group) is 1. The average molecular weight is 287 g/mol. The molecule has 0 spiro atoms. The lowest BCUT2D eigenvalue weighted by Crippen LogP contribution is -2.24. The molecule has 2 aromatic carbocycles. The quantitative estimate of drug-likeness (QED) is 0.894. The number of hydrogen-bond acceptors (Lipinski definition) is 2. The maximum Gasteiger partial charge on any atom is 0.123 e. The second-order valence-corrected chi connectivity index (χ2v) is 5.42. The fourth-order valence-corrected chi connectivity index (χ4v) is 2.41. The Morgan fingerprint density at radius 3 is 2.48 bits per heavy atom. The van der Waals surface area contributed by atoms with Crippen molar-refractivity contribution in [1.29, 1.82) is 0 Å². The predicted octanol–water partition coefficient (Wildman–Crippen LogP) is 4.09. The second-order valence-electron chi connectivity index (χ2n) is 5.42. The molecule has 1 unspecified atom stereocenters. The van der Waals surface area contributed by atoms with Crippen LogP contribution in [0.1, 0.15) is 28.3 Å². The Labute approximate surface area is 126 Å². The molecule has 3 heteroatoms. The first-order valence-electron chi connectivity index (χ1n) is 7.14. The van der Waals surface area contributed by atoms with E-state index < -0.39 is 0 Å². The Morgan fingerprint density at radius 2 is 1.81 bits per heavy atom. The summed E-state index contributed by atoms with van der Waals surface area (Å²) < 4.78 is 19.0. The molecule has 0 aromatic heterocycles. The van der Waals surface area contributed by atoms with Crippen LogP contribution in [0.2, 0.25) is 0 Å². The summed E-state index contributed by atoms with van der Waals surface area (Å²) in [6, 6.07) is 11.1. The van der Waals surface area contributed by atoms with Crippen LogP contribution in [0, 0.1) is 26.6 Å². The Bertz CT molecular complexity index is 625. The molecule has 0 aliphatic heterocycles. The van der Waals surface area contributed by atoms with Gasteiger partial charge in [-0.25, -0.2) is 4.39 Å². The number of hydrogen-bond donors (Lipinski definition) is 1. The van der Waals surface area contributed by atoms with Crippen LogP contribution >= 0.6 is 0 Å². The summed E-state index contributed by atoms with van der Waals surface area (Å²) in [5.74, 6) is 0.488. The van der Waals surface area contributed by atoms with Crippen LogP contribution in [-0.2, 0) is 0 Å². The summed E-state index contributed by atoms with van der Waals surface area (Å²) in [4.78, 5) is 0. The molecule has 0 heterocycles. The third-order valence-corrected chi connectivity index (χ3v) is 3.70. The van der Waals surface area contributed by atoms with Crippen molar-refractivity contribution in [1.82, 2.24) is 5.32 Å². The summed E-state index contributed by atoms with van der Waals surface area (Å²) in [7, 11) is 1.92. The summed E-state index contributed by atoms with van der Waals surface area (Å²) in [6.45, 7) is 6.54. The zero-order valence-electron chi connectivity index (χ0n) is 13.0. The molecule has 2 nitrogen and oxygen atoms in total. The van der Waals surface area contributed by atoms with Gasteiger partial charge in [-0.2, -0.15) is 0 Å². The fraction of sp³-hybridized carbons (Fsp3) is 0.333. The largest absolute Gasteiger partial charge is 0.491 e. The molecule has 0 bridgehead atoms. The maximum absolute atomic E-state index is 13.1. The topological polar surface area (TPSA) is 21.3 Å². The SMILES string of the molecule is CNC(COc1ccc(F)cc1C)c1cc(C)ccc1C. The van der Waals surface area contributed by atoms with Gasteiger partial charge in [0.25, 0.3) is 0 Å². The van der Waals surface area contributed by atoms with E-state index in [1.165, 1.54) is 28.8 Å². The van der Waals surface area contributed by atoms with Gasteiger partial charge in [0.2, 0.25) is 0 Å². The normalized spacial score (nSPS) is 12.2. The van der Waals surface area contributed by atoms with E-state index in [2.05, 4.69) is 37.4 Å². The molecule has 2 aromatic rings. The molecular weight excluding hydrogens is 265 g/mol. The zero-order valence-corrected chi connectivity index (χ0v) is 13.0. The third-order valence-electron chi connectivity index (χ3n) is 3.70. The number of halogens is 1. The minimum atomic E-state index is -0.237. The molecule has 0 saturated carbocycles. The van der Waals surface area contributed by atoms with Crippen LogP contribution in [-0.4, -0.2) is 13.7 Å². The molecular formula is C18H22FNO. The van der Waals surface area contributed by atoms with Gasteiger partial charge in [0.15, 0.2) is 0 Å². The smallest absolute Gasteiger partial charge is 0.123 e. The summed E-state index contributed by atoms with van der Waals surface area (Å²) >= 11 is 0. The number of benzene rings is 2. The maximum atomic E-state index is 13.1. The average Bonchev–Trinajstić information content (AvgIpc) is 2.45. The second kappa shape index (κ2) is 6.72. The van der Waals surface area contributed by atoms with Crippen molar-refractivity contribution >= 4 is 0 Å². The highest BCUT2D eigenvalue weighted by Crippen LogP contribution is 2.23. The zero-order chi connectivity index (χ0) is 15.4. The van der Waals surface area contributed by atoms with E-state index in [4.69, 9.17) is 4.74 Å². The Balaban J connectivity index is 2.14. The van der Waals surface area contributed by atoms with Crippen LogP contribution < -0.4 is 10.1 Å². The van der Waals surface area contributed by atoms with E-state index in [-0.39, 0.29) is 11.9 Å². The number of rotatable bonds is 5. The number of ether oxygens (including phenoxy) is 1. The summed E-state index contributed by atoms with van der Waals surface area (Å²) in [5, 5.41) is 3.29. The van der Waals surface area contributed by atoms with Crippen LogP contribution in [0.15, 0.2) is 36.4 Å². The van der Waals surface area contributed by atoms with Crippen LogP contribution in [0.4, 0.5) is 4.39 Å². The van der Waals surface area contributed by atoms with Gasteiger partial charge < -0.3 is 10.1 Å². The molecule has 0 aliphatic rings. The van der Waals surface area contributed by atoms with Crippen molar-refractivity contribution in [3.05, 3.63) is 64.5 Å². The predicted molar refractivity (Wildman–Crippen MR) is 84.3 cm³/mol. The lowest BCUT2D eigenvalue weighted by Gasteiger charge is -2.20. The number of aryl methyl sites for hydroxylation is 3. The van der Waals surface area contributed by atoms with Crippen molar-refractivity contribution < 1.29 is 9.13 Å². The Morgan fingerprint density at radius 1 is 1.05 bits per heavy atom. The summed E-state index contributed by atoms with van der Waals surface area (Å²) in [5.41, 5.74) is 4.51. The number of nitrogens with one attached hydrogen (secondary N) is 1. The molecule has 21 heavy (non-hydrogen) atoms. The van der Waals surface area contributed by atoms with Gasteiger partial charge in [-0.15, -0.1) is 0 Å². The van der Waals surface area contributed by atoms with E-state index >= 15 is 0 Å². The molecule has 112 valence electrons. The third kappa shape index (κ3) is 3.82. The molecule has 1 atom stereocenters. The van der Waals surface area contributed by atoms with Crippen molar-refractivity contribution in [3.63, 3.8) is 0 Å². The van der Waals surface area contributed by atoms with Gasteiger partial charge in [0, 0.05) is 0 Å². The first-order valence-corrected chi connectivity index (χ1v) is 7.14. The Kier molecular flexibility index (Phi) is 4.97. The Hall–Kier alpha value is -1.87. The minimum Gasteiger partial charge on any atom is -0.491 e. The van der Waals surface area contributed by atoms with E-state index in [0.29, 0.717) is 6.61 Å². The van der Waals surface area contributed by atoms with E-state index in [1.54, 1.807) is 6.07 Å². The van der Waals surface area contributed by atoms with Crippen LogP contribution in [0.3, 0.4) is 0 Å². The van der Waals surface area contributed by atoms with Crippen molar-refractivity contribution in [2.75, 3.05) is 13.7 Å². The van der Waals surface area contributed by atoms with Gasteiger partial charge in [-0.05, 0) is 62.7 Å². The van der Waals surface area contributed by atoms with Gasteiger partial charge >= 0.3 is 0 Å². The highest BCUT2D eigenvalue weighted by atomic mass is 19.1. The molecule has 1 N–H and O–H groups in total. The van der Waals surface area contributed by atoms with Gasteiger partial charge in [0.1, 0.15) is 18.2 Å². The summed E-state index contributed by atoms with van der Waals surface area (Å²) in [6.07, 6.45) is 0.